The first-order valence-electron chi connectivity index (χ1n) is 6.57. The largest absolute Gasteiger partial charge is 0.493 e. The van der Waals surface area contributed by atoms with Crippen molar-refractivity contribution in [2.24, 2.45) is 5.73 Å². The summed E-state index contributed by atoms with van der Waals surface area (Å²) in [7, 11) is 0. The van der Waals surface area contributed by atoms with Crippen LogP contribution >= 0.6 is 15.9 Å². The van der Waals surface area contributed by atoms with Crippen LogP contribution in [0.5, 0.6) is 5.75 Å². The van der Waals surface area contributed by atoms with Crippen LogP contribution in [0.4, 0.5) is 5.69 Å². The summed E-state index contributed by atoms with van der Waals surface area (Å²) in [5.74, 6) is 0.417. The number of carbonyl (C=O) groups excluding carboxylic acids is 1. The number of benzene rings is 1. The molecule has 0 spiro atoms. The molecule has 0 aliphatic carbocycles. The molecule has 2 heterocycles. The Kier molecular flexibility index (Phi) is 3.79. The van der Waals surface area contributed by atoms with E-state index in [9.17, 15) is 4.79 Å². The Bertz CT molecular complexity index is 703. The second kappa shape index (κ2) is 5.73. The fourth-order valence-electron chi connectivity index (χ4n) is 2.35. The summed E-state index contributed by atoms with van der Waals surface area (Å²) < 4.78 is 6.73. The molecular weight excluding hydrogens is 334 g/mol. The van der Waals surface area contributed by atoms with Crippen LogP contribution in [0.3, 0.4) is 0 Å². The van der Waals surface area contributed by atoms with Gasteiger partial charge in [0, 0.05) is 34.9 Å². The molecule has 1 aliphatic heterocycles. The minimum atomic E-state index is -0.537. The van der Waals surface area contributed by atoms with E-state index >= 15 is 0 Å². The van der Waals surface area contributed by atoms with E-state index < -0.39 is 5.91 Å². The summed E-state index contributed by atoms with van der Waals surface area (Å²) in [5, 5.41) is 3.26. The number of nitrogens with zero attached hydrogens (tertiary/aromatic N) is 1. The molecule has 0 saturated heterocycles. The zero-order valence-corrected chi connectivity index (χ0v) is 12.8. The summed E-state index contributed by atoms with van der Waals surface area (Å²) in [6.45, 7) is 1.32. The SMILES string of the molecule is NC(=O)c1cc(NCc2cc(Br)cc3c2OCC3)ccn1. The van der Waals surface area contributed by atoms with Crippen molar-refractivity contribution in [3.05, 3.63) is 51.8 Å². The number of nitrogens with one attached hydrogen (secondary N) is 1. The number of hydrogen-bond acceptors (Lipinski definition) is 4. The number of halogens is 1. The average molecular weight is 348 g/mol. The summed E-state index contributed by atoms with van der Waals surface area (Å²) in [6.07, 6.45) is 2.49. The number of carbonyl (C=O) groups is 1. The number of nitrogens with two attached hydrogens (primary N) is 1. The zero-order valence-electron chi connectivity index (χ0n) is 11.2. The summed E-state index contributed by atoms with van der Waals surface area (Å²) >= 11 is 3.52. The highest BCUT2D eigenvalue weighted by molar-refractivity contribution is 9.10. The van der Waals surface area contributed by atoms with Crippen molar-refractivity contribution in [3.63, 3.8) is 0 Å². The molecule has 0 atom stereocenters. The van der Waals surface area contributed by atoms with Gasteiger partial charge in [-0.25, -0.2) is 0 Å². The van der Waals surface area contributed by atoms with E-state index in [2.05, 4.69) is 32.3 Å². The Morgan fingerprint density at radius 3 is 3.10 bits per heavy atom. The van der Waals surface area contributed by atoms with Crippen LogP contribution in [-0.4, -0.2) is 17.5 Å². The number of rotatable bonds is 4. The number of pyridine rings is 1. The number of hydrogen-bond donors (Lipinski definition) is 2. The molecule has 6 heteroatoms. The van der Waals surface area contributed by atoms with Crippen LogP contribution in [0.2, 0.25) is 0 Å². The normalized spacial score (nSPS) is 12.6. The summed E-state index contributed by atoms with van der Waals surface area (Å²) in [6, 6.07) is 7.56. The molecule has 1 aliphatic rings. The molecule has 2 aromatic rings. The van der Waals surface area contributed by atoms with Crippen LogP contribution in [0.15, 0.2) is 34.9 Å². The number of primary amides is 1. The Hall–Kier alpha value is -2.08. The van der Waals surface area contributed by atoms with Crippen LogP contribution in [0.1, 0.15) is 21.6 Å². The molecule has 0 unspecified atom stereocenters. The fraction of sp³-hybridized carbons (Fsp3) is 0.200. The smallest absolute Gasteiger partial charge is 0.267 e. The predicted molar refractivity (Wildman–Crippen MR) is 83.4 cm³/mol. The van der Waals surface area contributed by atoms with Crippen molar-refractivity contribution in [1.82, 2.24) is 4.98 Å². The van der Waals surface area contributed by atoms with Gasteiger partial charge in [0.2, 0.25) is 0 Å². The van der Waals surface area contributed by atoms with Gasteiger partial charge in [-0.1, -0.05) is 15.9 Å². The van der Waals surface area contributed by atoms with Gasteiger partial charge in [0.1, 0.15) is 11.4 Å². The Morgan fingerprint density at radius 1 is 1.43 bits per heavy atom. The predicted octanol–water partition coefficient (Wildman–Crippen LogP) is 2.49. The van der Waals surface area contributed by atoms with Crippen LogP contribution in [0, 0.1) is 0 Å². The van der Waals surface area contributed by atoms with E-state index in [1.165, 1.54) is 5.56 Å². The van der Waals surface area contributed by atoms with Gasteiger partial charge in [-0.3, -0.25) is 9.78 Å². The molecule has 21 heavy (non-hydrogen) atoms. The first-order valence-corrected chi connectivity index (χ1v) is 7.36. The molecule has 0 saturated carbocycles. The number of ether oxygens (including phenoxy) is 1. The van der Waals surface area contributed by atoms with Gasteiger partial charge in [-0.05, 0) is 29.8 Å². The van der Waals surface area contributed by atoms with Crippen molar-refractivity contribution in [3.8, 4) is 5.75 Å². The van der Waals surface area contributed by atoms with E-state index in [1.807, 2.05) is 6.07 Å². The molecule has 1 aromatic heterocycles. The van der Waals surface area contributed by atoms with Crippen molar-refractivity contribution in [2.75, 3.05) is 11.9 Å². The van der Waals surface area contributed by atoms with Crippen LogP contribution in [0.25, 0.3) is 0 Å². The third-order valence-corrected chi connectivity index (χ3v) is 3.78. The Morgan fingerprint density at radius 2 is 2.29 bits per heavy atom. The maximum absolute atomic E-state index is 11.1. The molecule has 0 bridgehead atoms. The Labute approximate surface area is 130 Å². The second-order valence-electron chi connectivity index (χ2n) is 4.80. The lowest BCUT2D eigenvalue weighted by Gasteiger charge is -2.11. The van der Waals surface area contributed by atoms with Gasteiger partial charge < -0.3 is 15.8 Å². The zero-order chi connectivity index (χ0) is 14.8. The first-order chi connectivity index (χ1) is 10.1. The minimum absolute atomic E-state index is 0.246. The highest BCUT2D eigenvalue weighted by atomic mass is 79.9. The van der Waals surface area contributed by atoms with Gasteiger partial charge in [0.05, 0.1) is 6.61 Å². The topological polar surface area (TPSA) is 77.2 Å². The minimum Gasteiger partial charge on any atom is -0.493 e. The average Bonchev–Trinajstić information content (AvgIpc) is 2.93. The quantitative estimate of drug-likeness (QED) is 0.890. The first kappa shape index (κ1) is 13.9. The van der Waals surface area contributed by atoms with E-state index in [-0.39, 0.29) is 5.69 Å². The molecular formula is C15H14BrN3O2. The number of fused-ring (bicyclic) bond motifs is 1. The third-order valence-electron chi connectivity index (χ3n) is 3.32. The number of aromatic nitrogens is 1. The summed E-state index contributed by atoms with van der Waals surface area (Å²) in [5.41, 5.74) is 8.57. The molecule has 3 rings (SSSR count). The molecule has 5 nitrogen and oxygen atoms in total. The van der Waals surface area contributed by atoms with E-state index in [0.717, 1.165) is 34.5 Å². The lowest BCUT2D eigenvalue weighted by atomic mass is 10.1. The van der Waals surface area contributed by atoms with Crippen molar-refractivity contribution < 1.29 is 9.53 Å². The summed E-state index contributed by atoms with van der Waals surface area (Å²) in [4.78, 5) is 15.1. The van der Waals surface area contributed by atoms with E-state index in [4.69, 9.17) is 10.5 Å². The molecule has 0 radical (unpaired) electrons. The van der Waals surface area contributed by atoms with Crippen molar-refractivity contribution >= 4 is 27.5 Å². The lowest BCUT2D eigenvalue weighted by Crippen LogP contribution is -2.13. The van der Waals surface area contributed by atoms with Crippen molar-refractivity contribution in [1.29, 1.82) is 0 Å². The maximum Gasteiger partial charge on any atom is 0.267 e. The van der Waals surface area contributed by atoms with E-state index in [1.54, 1.807) is 18.3 Å². The molecule has 3 N–H and O–H groups in total. The van der Waals surface area contributed by atoms with Crippen molar-refractivity contribution in [2.45, 2.75) is 13.0 Å². The monoisotopic (exact) mass is 347 g/mol. The van der Waals surface area contributed by atoms with E-state index in [0.29, 0.717) is 6.54 Å². The van der Waals surface area contributed by atoms with Gasteiger partial charge in [-0.15, -0.1) is 0 Å². The Balaban J connectivity index is 1.79. The van der Waals surface area contributed by atoms with Gasteiger partial charge >= 0.3 is 0 Å². The molecule has 0 fully saturated rings. The highest BCUT2D eigenvalue weighted by Crippen LogP contribution is 2.33. The second-order valence-corrected chi connectivity index (χ2v) is 5.71. The van der Waals surface area contributed by atoms with Gasteiger partial charge in [0.15, 0.2) is 0 Å². The van der Waals surface area contributed by atoms with Gasteiger partial charge in [0.25, 0.3) is 5.91 Å². The van der Waals surface area contributed by atoms with Crippen LogP contribution < -0.4 is 15.8 Å². The third kappa shape index (κ3) is 3.00. The molecule has 1 amide bonds. The molecule has 108 valence electrons. The number of anilines is 1. The fourth-order valence-corrected chi connectivity index (χ4v) is 2.90. The molecule has 1 aromatic carbocycles. The number of amides is 1. The van der Waals surface area contributed by atoms with Gasteiger partial charge in [-0.2, -0.15) is 0 Å². The standard InChI is InChI=1S/C15H14BrN3O2/c16-11-5-9-2-4-21-14(9)10(6-11)8-19-12-1-3-18-13(7-12)15(17)20/h1,3,5-7H,2,4,8H2,(H2,17,20)(H,18,19). The lowest BCUT2D eigenvalue weighted by molar-refractivity contribution is 0.0995. The highest BCUT2D eigenvalue weighted by Gasteiger charge is 2.17. The van der Waals surface area contributed by atoms with Crippen LogP contribution in [-0.2, 0) is 13.0 Å². The maximum atomic E-state index is 11.1.